The fourth-order valence-corrected chi connectivity index (χ4v) is 2.51. The van der Waals surface area contributed by atoms with Crippen LogP contribution in [0.15, 0.2) is 12.1 Å². The van der Waals surface area contributed by atoms with Crippen LogP contribution in [-0.4, -0.2) is 19.8 Å². The van der Waals surface area contributed by atoms with Gasteiger partial charge in [-0.2, -0.15) is 0 Å². The van der Waals surface area contributed by atoms with Crippen LogP contribution in [0.2, 0.25) is 0 Å². The molecule has 0 saturated heterocycles. The van der Waals surface area contributed by atoms with E-state index in [1.165, 1.54) is 5.56 Å². The number of terminal acetylenes is 1. The number of hydrogen-bond acceptors (Lipinski definition) is 3. The zero-order chi connectivity index (χ0) is 14.4. The van der Waals surface area contributed by atoms with Crippen LogP contribution in [0.3, 0.4) is 0 Å². The number of nitrogens with one attached hydrogen (secondary N) is 1. The highest BCUT2D eigenvalue weighted by molar-refractivity contribution is 5.48. The van der Waals surface area contributed by atoms with Crippen molar-refractivity contribution in [3.05, 3.63) is 23.3 Å². The molecule has 0 radical (unpaired) electrons. The molecule has 108 valence electrons. The molecule has 3 nitrogen and oxygen atoms in total. The van der Waals surface area contributed by atoms with E-state index in [2.05, 4.69) is 30.3 Å². The van der Waals surface area contributed by atoms with Crippen LogP contribution < -0.4 is 14.8 Å². The second-order valence-electron chi connectivity index (χ2n) is 5.24. The summed E-state index contributed by atoms with van der Waals surface area (Å²) in [5, 5.41) is 3.43. The Bertz CT molecular complexity index is 490. The number of unbranched alkanes of at least 4 members (excludes halogenated alkanes) is 2. The van der Waals surface area contributed by atoms with Crippen molar-refractivity contribution in [3.8, 4) is 23.8 Å². The second-order valence-corrected chi connectivity index (χ2v) is 5.24. The van der Waals surface area contributed by atoms with Gasteiger partial charge < -0.3 is 14.8 Å². The standard InChI is InChI=1S/C17H23NO2/c1-4-5-6-7-8-18-12-15-11-17-14(9-13(2)20-17)10-16(15)19-3/h1,10-11,13,18H,5-9,12H2,2-3H3. The van der Waals surface area contributed by atoms with Gasteiger partial charge in [0, 0.05) is 30.5 Å². The molecule has 0 aliphatic carbocycles. The van der Waals surface area contributed by atoms with Crippen LogP contribution in [-0.2, 0) is 13.0 Å². The van der Waals surface area contributed by atoms with Crippen molar-refractivity contribution in [1.82, 2.24) is 5.32 Å². The van der Waals surface area contributed by atoms with E-state index in [1.54, 1.807) is 7.11 Å². The summed E-state index contributed by atoms with van der Waals surface area (Å²) >= 11 is 0. The Morgan fingerprint density at radius 1 is 1.45 bits per heavy atom. The van der Waals surface area contributed by atoms with Gasteiger partial charge in [0.15, 0.2) is 0 Å². The summed E-state index contributed by atoms with van der Waals surface area (Å²) in [6.45, 7) is 3.86. The van der Waals surface area contributed by atoms with Crippen molar-refractivity contribution in [2.24, 2.45) is 0 Å². The molecule has 20 heavy (non-hydrogen) atoms. The van der Waals surface area contributed by atoms with E-state index in [-0.39, 0.29) is 6.10 Å². The van der Waals surface area contributed by atoms with Crippen molar-refractivity contribution in [2.75, 3.05) is 13.7 Å². The lowest BCUT2D eigenvalue weighted by molar-refractivity contribution is 0.254. The molecule has 0 aromatic heterocycles. The molecule has 2 rings (SSSR count). The van der Waals surface area contributed by atoms with E-state index in [4.69, 9.17) is 15.9 Å². The van der Waals surface area contributed by atoms with E-state index in [0.717, 1.165) is 55.8 Å². The summed E-state index contributed by atoms with van der Waals surface area (Å²) in [5.74, 6) is 4.61. The maximum atomic E-state index is 5.80. The maximum Gasteiger partial charge on any atom is 0.123 e. The van der Waals surface area contributed by atoms with Gasteiger partial charge in [-0.05, 0) is 38.4 Å². The van der Waals surface area contributed by atoms with E-state index in [0.29, 0.717) is 0 Å². The molecule has 1 N–H and O–H groups in total. The van der Waals surface area contributed by atoms with Gasteiger partial charge in [0.05, 0.1) is 7.11 Å². The van der Waals surface area contributed by atoms with E-state index in [1.807, 2.05) is 0 Å². The molecule has 0 fully saturated rings. The van der Waals surface area contributed by atoms with Crippen molar-refractivity contribution >= 4 is 0 Å². The first-order chi connectivity index (χ1) is 9.74. The third kappa shape index (κ3) is 3.68. The number of methoxy groups -OCH3 is 1. The number of benzene rings is 1. The van der Waals surface area contributed by atoms with Crippen molar-refractivity contribution < 1.29 is 9.47 Å². The highest BCUT2D eigenvalue weighted by Crippen LogP contribution is 2.34. The summed E-state index contributed by atoms with van der Waals surface area (Å²) in [4.78, 5) is 0. The van der Waals surface area contributed by atoms with Gasteiger partial charge in [-0.1, -0.05) is 0 Å². The first kappa shape index (κ1) is 14.7. The lowest BCUT2D eigenvalue weighted by Crippen LogP contribution is -2.15. The molecule has 0 spiro atoms. The monoisotopic (exact) mass is 273 g/mol. The molecule has 1 aromatic rings. The smallest absolute Gasteiger partial charge is 0.123 e. The number of rotatable bonds is 7. The van der Waals surface area contributed by atoms with Gasteiger partial charge >= 0.3 is 0 Å². The minimum Gasteiger partial charge on any atom is -0.496 e. The Morgan fingerprint density at radius 3 is 3.05 bits per heavy atom. The van der Waals surface area contributed by atoms with E-state index >= 15 is 0 Å². The predicted octanol–water partition coefficient (Wildman–Crippen LogP) is 2.91. The average Bonchev–Trinajstić information content (AvgIpc) is 2.80. The normalized spacial score (nSPS) is 16.4. The van der Waals surface area contributed by atoms with Crippen LogP contribution in [0.4, 0.5) is 0 Å². The zero-order valence-corrected chi connectivity index (χ0v) is 12.4. The first-order valence-corrected chi connectivity index (χ1v) is 7.25. The van der Waals surface area contributed by atoms with Gasteiger partial charge in [0.1, 0.15) is 17.6 Å². The summed E-state index contributed by atoms with van der Waals surface area (Å²) in [6.07, 6.45) is 9.50. The zero-order valence-electron chi connectivity index (χ0n) is 12.4. The van der Waals surface area contributed by atoms with E-state index in [9.17, 15) is 0 Å². The largest absolute Gasteiger partial charge is 0.496 e. The number of hydrogen-bond donors (Lipinski definition) is 1. The predicted molar refractivity (Wildman–Crippen MR) is 81.2 cm³/mol. The minimum atomic E-state index is 0.265. The molecule has 1 aliphatic rings. The second kappa shape index (κ2) is 7.21. The van der Waals surface area contributed by atoms with Crippen molar-refractivity contribution in [2.45, 2.75) is 45.3 Å². The molecule has 0 amide bonds. The van der Waals surface area contributed by atoms with Crippen molar-refractivity contribution in [3.63, 3.8) is 0 Å². The summed E-state index contributed by atoms with van der Waals surface area (Å²) in [6, 6.07) is 4.21. The third-order valence-corrected chi connectivity index (χ3v) is 3.54. The highest BCUT2D eigenvalue weighted by atomic mass is 16.5. The Balaban J connectivity index is 1.91. The van der Waals surface area contributed by atoms with Crippen LogP contribution in [0, 0.1) is 12.3 Å². The Kier molecular flexibility index (Phi) is 5.31. The Morgan fingerprint density at radius 2 is 2.30 bits per heavy atom. The highest BCUT2D eigenvalue weighted by Gasteiger charge is 2.21. The quantitative estimate of drug-likeness (QED) is 0.612. The van der Waals surface area contributed by atoms with Gasteiger partial charge in [-0.25, -0.2) is 0 Å². The van der Waals surface area contributed by atoms with Crippen molar-refractivity contribution in [1.29, 1.82) is 0 Å². The summed E-state index contributed by atoms with van der Waals surface area (Å²) < 4.78 is 11.3. The van der Waals surface area contributed by atoms with Crippen LogP contribution >= 0.6 is 0 Å². The third-order valence-electron chi connectivity index (χ3n) is 3.54. The SMILES string of the molecule is C#CCCCCNCc1cc2c(cc1OC)CC(C)O2. The van der Waals surface area contributed by atoms with Gasteiger partial charge in [-0.3, -0.25) is 0 Å². The molecular formula is C17H23NO2. The lowest BCUT2D eigenvalue weighted by Gasteiger charge is -2.12. The first-order valence-electron chi connectivity index (χ1n) is 7.25. The molecule has 1 atom stereocenters. The van der Waals surface area contributed by atoms with Crippen LogP contribution in [0.25, 0.3) is 0 Å². The Hall–Kier alpha value is -1.66. The summed E-state index contributed by atoms with van der Waals surface area (Å²) in [5.41, 5.74) is 2.39. The Labute approximate surface area is 121 Å². The molecular weight excluding hydrogens is 250 g/mol. The molecule has 1 heterocycles. The lowest BCUT2D eigenvalue weighted by atomic mass is 10.1. The van der Waals surface area contributed by atoms with Gasteiger partial charge in [0.2, 0.25) is 0 Å². The maximum absolute atomic E-state index is 5.80. The van der Waals surface area contributed by atoms with E-state index < -0.39 is 0 Å². The average molecular weight is 273 g/mol. The molecule has 3 heteroatoms. The van der Waals surface area contributed by atoms with Gasteiger partial charge in [0.25, 0.3) is 0 Å². The number of ether oxygens (including phenoxy) is 2. The molecule has 1 unspecified atom stereocenters. The van der Waals surface area contributed by atoms with Gasteiger partial charge in [-0.15, -0.1) is 12.3 Å². The fraction of sp³-hybridized carbons (Fsp3) is 0.529. The summed E-state index contributed by atoms with van der Waals surface area (Å²) in [7, 11) is 1.72. The molecule has 1 aliphatic heterocycles. The number of fused-ring (bicyclic) bond motifs is 1. The minimum absolute atomic E-state index is 0.265. The molecule has 1 aromatic carbocycles. The fourth-order valence-electron chi connectivity index (χ4n) is 2.51. The van der Waals surface area contributed by atoms with Crippen LogP contribution in [0.1, 0.15) is 37.3 Å². The molecule has 0 bridgehead atoms. The topological polar surface area (TPSA) is 30.5 Å². The molecule has 0 saturated carbocycles. The van der Waals surface area contributed by atoms with Crippen LogP contribution in [0.5, 0.6) is 11.5 Å².